The molecule has 0 spiro atoms. The maximum absolute atomic E-state index is 12.3. The van der Waals surface area contributed by atoms with Crippen LogP contribution in [0.25, 0.3) is 5.78 Å². The van der Waals surface area contributed by atoms with Gasteiger partial charge < -0.3 is 10.1 Å². The van der Waals surface area contributed by atoms with Crippen LogP contribution in [0.2, 0.25) is 0 Å². The van der Waals surface area contributed by atoms with Gasteiger partial charge >= 0.3 is 0 Å². The van der Waals surface area contributed by atoms with Gasteiger partial charge in [-0.25, -0.2) is 9.97 Å². The molecule has 1 aromatic carbocycles. The molecule has 116 valence electrons. The number of fused-ring (bicyclic) bond motifs is 1. The number of nitrogens with one attached hydrogen (secondary N) is 1. The standard InChI is InChI=1S/C16H14N4O3/c1-23-12-5-3-11(4-6-12)9-18-14(21)13-10-19-16-17-7-2-8-20(16)15(13)22/h2-8,10H,9H2,1H3,(H,18,21). The fraction of sp³-hybridized carbons (Fsp3) is 0.125. The average molecular weight is 310 g/mol. The minimum atomic E-state index is -0.475. The van der Waals surface area contributed by atoms with E-state index in [1.807, 2.05) is 12.1 Å². The van der Waals surface area contributed by atoms with Crippen LogP contribution < -0.4 is 15.6 Å². The van der Waals surface area contributed by atoms with Crippen LogP contribution >= 0.6 is 0 Å². The number of aromatic nitrogens is 3. The zero-order chi connectivity index (χ0) is 16.2. The first kappa shape index (κ1) is 14.7. The highest BCUT2D eigenvalue weighted by atomic mass is 16.5. The lowest BCUT2D eigenvalue weighted by Gasteiger charge is -2.06. The van der Waals surface area contributed by atoms with E-state index in [0.717, 1.165) is 11.3 Å². The third kappa shape index (κ3) is 3.03. The number of nitrogens with zero attached hydrogens (tertiary/aromatic N) is 3. The van der Waals surface area contributed by atoms with Gasteiger partial charge in [0.25, 0.3) is 11.5 Å². The number of carbonyl (C=O) groups is 1. The molecular weight excluding hydrogens is 296 g/mol. The van der Waals surface area contributed by atoms with Crippen molar-refractivity contribution in [1.82, 2.24) is 19.7 Å². The third-order valence-electron chi connectivity index (χ3n) is 3.34. The second-order valence-corrected chi connectivity index (χ2v) is 4.80. The Bertz CT molecular complexity index is 903. The van der Waals surface area contributed by atoms with Crippen LogP contribution in [-0.2, 0) is 6.54 Å². The molecule has 3 aromatic rings. The Morgan fingerprint density at radius 2 is 2.04 bits per heavy atom. The number of rotatable bonds is 4. The van der Waals surface area contributed by atoms with Crippen LogP contribution in [0.3, 0.4) is 0 Å². The van der Waals surface area contributed by atoms with Gasteiger partial charge in [-0.1, -0.05) is 12.1 Å². The van der Waals surface area contributed by atoms with Crippen molar-refractivity contribution in [2.75, 3.05) is 7.11 Å². The van der Waals surface area contributed by atoms with Gasteiger partial charge in [0, 0.05) is 25.1 Å². The first-order valence-electron chi connectivity index (χ1n) is 6.92. The lowest BCUT2D eigenvalue weighted by molar-refractivity contribution is 0.0949. The van der Waals surface area contributed by atoms with Crippen molar-refractivity contribution in [3.05, 3.63) is 70.4 Å². The van der Waals surface area contributed by atoms with Crippen LogP contribution in [0.1, 0.15) is 15.9 Å². The van der Waals surface area contributed by atoms with E-state index in [1.165, 1.54) is 23.0 Å². The second-order valence-electron chi connectivity index (χ2n) is 4.80. The summed E-state index contributed by atoms with van der Waals surface area (Å²) in [5.74, 6) is 0.519. The third-order valence-corrected chi connectivity index (χ3v) is 3.34. The number of benzene rings is 1. The quantitative estimate of drug-likeness (QED) is 0.778. The average Bonchev–Trinajstić information content (AvgIpc) is 2.60. The van der Waals surface area contributed by atoms with Gasteiger partial charge in [-0.15, -0.1) is 0 Å². The Morgan fingerprint density at radius 1 is 1.26 bits per heavy atom. The van der Waals surface area contributed by atoms with E-state index < -0.39 is 11.5 Å². The predicted molar refractivity (Wildman–Crippen MR) is 83.4 cm³/mol. The zero-order valence-corrected chi connectivity index (χ0v) is 12.4. The van der Waals surface area contributed by atoms with E-state index in [-0.39, 0.29) is 11.3 Å². The first-order valence-corrected chi connectivity index (χ1v) is 6.92. The molecule has 2 aromatic heterocycles. The van der Waals surface area contributed by atoms with Crippen molar-refractivity contribution < 1.29 is 9.53 Å². The Balaban J connectivity index is 1.78. The topological polar surface area (TPSA) is 85.6 Å². The van der Waals surface area contributed by atoms with Gasteiger partial charge in [-0.2, -0.15) is 0 Å². The number of hydrogen-bond donors (Lipinski definition) is 1. The zero-order valence-electron chi connectivity index (χ0n) is 12.4. The molecule has 0 saturated carbocycles. The van der Waals surface area contributed by atoms with Crippen LogP contribution in [0.5, 0.6) is 5.75 Å². The number of carbonyl (C=O) groups excluding carboxylic acids is 1. The molecule has 1 N–H and O–H groups in total. The normalized spacial score (nSPS) is 10.5. The molecule has 0 fully saturated rings. The molecule has 23 heavy (non-hydrogen) atoms. The molecule has 0 atom stereocenters. The van der Waals surface area contributed by atoms with E-state index in [2.05, 4.69) is 15.3 Å². The smallest absolute Gasteiger partial charge is 0.271 e. The van der Waals surface area contributed by atoms with Gasteiger partial charge in [0.2, 0.25) is 5.78 Å². The predicted octanol–water partition coefficient (Wildman–Crippen LogP) is 1.03. The van der Waals surface area contributed by atoms with Crippen molar-refractivity contribution in [3.8, 4) is 5.75 Å². The van der Waals surface area contributed by atoms with Gasteiger partial charge in [0.05, 0.1) is 7.11 Å². The van der Waals surface area contributed by atoms with Gasteiger partial charge in [0.15, 0.2) is 0 Å². The number of amides is 1. The number of hydrogen-bond acceptors (Lipinski definition) is 5. The molecule has 7 heteroatoms. The Hall–Kier alpha value is -3.22. The van der Waals surface area contributed by atoms with E-state index in [0.29, 0.717) is 6.54 Å². The highest BCUT2D eigenvalue weighted by Crippen LogP contribution is 2.11. The van der Waals surface area contributed by atoms with Gasteiger partial charge in [-0.3, -0.25) is 14.0 Å². The van der Waals surface area contributed by atoms with E-state index >= 15 is 0 Å². The lowest BCUT2D eigenvalue weighted by Crippen LogP contribution is -2.31. The fourth-order valence-electron chi connectivity index (χ4n) is 2.10. The first-order chi connectivity index (χ1) is 11.2. The summed E-state index contributed by atoms with van der Waals surface area (Å²) in [4.78, 5) is 32.4. The molecule has 0 aliphatic carbocycles. The van der Waals surface area contributed by atoms with E-state index in [1.54, 1.807) is 25.3 Å². The molecular formula is C16H14N4O3. The monoisotopic (exact) mass is 310 g/mol. The Kier molecular flexibility index (Phi) is 4.01. The largest absolute Gasteiger partial charge is 0.497 e. The van der Waals surface area contributed by atoms with Crippen molar-refractivity contribution in [1.29, 1.82) is 0 Å². The fourth-order valence-corrected chi connectivity index (χ4v) is 2.10. The molecule has 7 nitrogen and oxygen atoms in total. The van der Waals surface area contributed by atoms with Crippen LogP contribution in [0, 0.1) is 0 Å². The van der Waals surface area contributed by atoms with Crippen LogP contribution in [0.4, 0.5) is 0 Å². The number of ether oxygens (including phenoxy) is 1. The summed E-state index contributed by atoms with van der Waals surface area (Å²) in [5, 5.41) is 2.70. The second kappa shape index (κ2) is 6.27. The molecule has 0 aliphatic heterocycles. The van der Waals surface area contributed by atoms with Gasteiger partial charge in [-0.05, 0) is 23.8 Å². The van der Waals surface area contributed by atoms with Crippen molar-refractivity contribution in [3.63, 3.8) is 0 Å². The van der Waals surface area contributed by atoms with Crippen LogP contribution in [-0.4, -0.2) is 27.4 Å². The highest BCUT2D eigenvalue weighted by Gasteiger charge is 2.13. The Labute approximate surface area is 131 Å². The molecule has 1 amide bonds. The van der Waals surface area contributed by atoms with E-state index in [9.17, 15) is 9.59 Å². The summed E-state index contributed by atoms with van der Waals surface area (Å²) in [6, 6.07) is 8.90. The van der Waals surface area contributed by atoms with E-state index in [4.69, 9.17) is 4.74 Å². The molecule has 0 bridgehead atoms. The minimum Gasteiger partial charge on any atom is -0.497 e. The maximum atomic E-state index is 12.3. The van der Waals surface area contributed by atoms with Crippen molar-refractivity contribution in [2.24, 2.45) is 0 Å². The molecule has 0 radical (unpaired) electrons. The summed E-state index contributed by atoms with van der Waals surface area (Å²) in [7, 11) is 1.59. The van der Waals surface area contributed by atoms with Crippen molar-refractivity contribution in [2.45, 2.75) is 6.54 Å². The lowest BCUT2D eigenvalue weighted by atomic mass is 10.2. The highest BCUT2D eigenvalue weighted by molar-refractivity contribution is 5.93. The van der Waals surface area contributed by atoms with Gasteiger partial charge in [0.1, 0.15) is 11.3 Å². The number of methoxy groups -OCH3 is 1. The summed E-state index contributed by atoms with van der Waals surface area (Å²) in [6.07, 6.45) is 4.30. The molecule has 0 unspecified atom stereocenters. The SMILES string of the molecule is COc1ccc(CNC(=O)c2cnc3ncccn3c2=O)cc1. The molecule has 2 heterocycles. The molecule has 0 aliphatic rings. The molecule has 3 rings (SSSR count). The summed E-state index contributed by atoms with van der Waals surface area (Å²) >= 11 is 0. The molecule has 0 saturated heterocycles. The van der Waals surface area contributed by atoms with Crippen molar-refractivity contribution >= 4 is 11.7 Å². The Morgan fingerprint density at radius 3 is 2.78 bits per heavy atom. The summed E-state index contributed by atoms with van der Waals surface area (Å²) in [5.41, 5.74) is 0.425. The minimum absolute atomic E-state index is 0.0241. The summed E-state index contributed by atoms with van der Waals surface area (Å²) < 4.78 is 6.31. The maximum Gasteiger partial charge on any atom is 0.271 e. The van der Waals surface area contributed by atoms with Crippen LogP contribution in [0.15, 0.2) is 53.7 Å². The summed E-state index contributed by atoms with van der Waals surface area (Å²) in [6.45, 7) is 0.304.